The summed E-state index contributed by atoms with van der Waals surface area (Å²) in [5, 5.41) is 16.3. The summed E-state index contributed by atoms with van der Waals surface area (Å²) in [4.78, 5) is 36.9. The van der Waals surface area contributed by atoms with Crippen LogP contribution in [-0.4, -0.2) is 30.9 Å². The van der Waals surface area contributed by atoms with E-state index in [1.807, 2.05) is 0 Å². The van der Waals surface area contributed by atoms with Gasteiger partial charge in [0.1, 0.15) is 11.4 Å². The standard InChI is InChI=1S/C22H23BrN2O5/c1-13(2)19(22(28)29)25-21(27)18(12-14-8-10-15(30-3)11-9-14)24-20(26)16-6-4-5-7-17(16)23/h4-13,19H,1-3H3,(H,24,26)(H,25,27)(H,28,29)/p-1/b18-12-/t19-/m0/s1. The highest BCUT2D eigenvalue weighted by Crippen LogP contribution is 2.17. The fourth-order valence-corrected chi connectivity index (χ4v) is 3.04. The van der Waals surface area contributed by atoms with Crippen LogP contribution in [-0.2, 0) is 9.59 Å². The predicted octanol–water partition coefficient (Wildman–Crippen LogP) is 2.12. The number of methoxy groups -OCH3 is 1. The van der Waals surface area contributed by atoms with Gasteiger partial charge in [0.2, 0.25) is 0 Å². The first kappa shape index (κ1) is 23.2. The first-order valence-electron chi connectivity index (χ1n) is 9.16. The fourth-order valence-electron chi connectivity index (χ4n) is 2.58. The SMILES string of the molecule is COc1ccc(/C=C(\NC(=O)c2ccccc2Br)C(=O)N[C@H](C(=O)[O-])C(C)C)cc1. The van der Waals surface area contributed by atoms with Crippen LogP contribution in [0.25, 0.3) is 6.08 Å². The number of hydrogen-bond donors (Lipinski definition) is 2. The number of hydrogen-bond acceptors (Lipinski definition) is 5. The highest BCUT2D eigenvalue weighted by atomic mass is 79.9. The van der Waals surface area contributed by atoms with Crippen molar-refractivity contribution in [2.45, 2.75) is 19.9 Å². The summed E-state index contributed by atoms with van der Waals surface area (Å²) in [5.74, 6) is -2.44. The van der Waals surface area contributed by atoms with Gasteiger partial charge < -0.3 is 25.3 Å². The van der Waals surface area contributed by atoms with Crippen LogP contribution in [0.3, 0.4) is 0 Å². The molecule has 0 aliphatic carbocycles. The minimum absolute atomic E-state index is 0.104. The zero-order valence-corrected chi connectivity index (χ0v) is 18.4. The second-order valence-corrected chi connectivity index (χ2v) is 7.63. The maximum Gasteiger partial charge on any atom is 0.268 e. The minimum Gasteiger partial charge on any atom is -0.548 e. The largest absolute Gasteiger partial charge is 0.548 e. The Morgan fingerprint density at radius 1 is 1.07 bits per heavy atom. The summed E-state index contributed by atoms with van der Waals surface area (Å²) in [6.45, 7) is 3.29. The van der Waals surface area contributed by atoms with E-state index < -0.39 is 29.7 Å². The first-order valence-corrected chi connectivity index (χ1v) is 9.95. The van der Waals surface area contributed by atoms with Crippen LogP contribution < -0.4 is 20.5 Å². The van der Waals surface area contributed by atoms with Gasteiger partial charge in [-0.15, -0.1) is 0 Å². The third kappa shape index (κ3) is 6.18. The number of rotatable bonds is 8. The summed E-state index contributed by atoms with van der Waals surface area (Å²) in [6.07, 6.45) is 1.45. The molecule has 0 aliphatic rings. The molecule has 2 aromatic carbocycles. The first-order chi connectivity index (χ1) is 14.2. The summed E-state index contributed by atoms with van der Waals surface area (Å²) in [6, 6.07) is 12.4. The number of halogens is 1. The molecule has 0 spiro atoms. The van der Waals surface area contributed by atoms with Gasteiger partial charge in [-0.25, -0.2) is 0 Å². The van der Waals surface area contributed by atoms with Crippen LogP contribution in [0.5, 0.6) is 5.75 Å². The molecule has 1 atom stereocenters. The molecular formula is C22H22BrN2O5-. The fraction of sp³-hybridized carbons (Fsp3) is 0.227. The normalized spacial score (nSPS) is 12.2. The lowest BCUT2D eigenvalue weighted by atomic mass is 10.0. The molecule has 0 aliphatic heterocycles. The van der Waals surface area contributed by atoms with Gasteiger partial charge in [-0.05, 0) is 57.8 Å². The van der Waals surface area contributed by atoms with Gasteiger partial charge >= 0.3 is 0 Å². The maximum absolute atomic E-state index is 12.8. The molecule has 0 bridgehead atoms. The van der Waals surface area contributed by atoms with Crippen LogP contribution in [0.1, 0.15) is 29.8 Å². The quantitative estimate of drug-likeness (QED) is 0.570. The Bertz CT molecular complexity index is 954. The molecule has 2 rings (SSSR count). The predicted molar refractivity (Wildman–Crippen MR) is 114 cm³/mol. The van der Waals surface area contributed by atoms with Gasteiger partial charge in [-0.3, -0.25) is 9.59 Å². The van der Waals surface area contributed by atoms with Crippen LogP contribution in [0.2, 0.25) is 0 Å². The van der Waals surface area contributed by atoms with E-state index in [9.17, 15) is 19.5 Å². The Kier molecular flexibility index (Phi) is 8.17. The Labute approximate surface area is 183 Å². The van der Waals surface area contributed by atoms with Crippen molar-refractivity contribution in [1.29, 1.82) is 0 Å². The monoisotopic (exact) mass is 473 g/mol. The molecule has 7 nitrogen and oxygen atoms in total. The highest BCUT2D eigenvalue weighted by molar-refractivity contribution is 9.10. The summed E-state index contributed by atoms with van der Waals surface area (Å²) < 4.78 is 5.67. The van der Waals surface area contributed by atoms with Crippen molar-refractivity contribution in [3.8, 4) is 5.75 Å². The van der Waals surface area contributed by atoms with Crippen molar-refractivity contribution in [1.82, 2.24) is 10.6 Å². The van der Waals surface area contributed by atoms with Gasteiger partial charge in [-0.1, -0.05) is 38.1 Å². The third-order valence-electron chi connectivity index (χ3n) is 4.25. The zero-order chi connectivity index (χ0) is 22.3. The molecule has 0 fully saturated rings. The molecular weight excluding hydrogens is 452 g/mol. The molecule has 8 heteroatoms. The zero-order valence-electron chi connectivity index (χ0n) is 16.8. The van der Waals surface area contributed by atoms with Crippen molar-refractivity contribution in [2.75, 3.05) is 7.11 Å². The van der Waals surface area contributed by atoms with E-state index in [2.05, 4.69) is 26.6 Å². The number of ether oxygens (including phenoxy) is 1. The van der Waals surface area contributed by atoms with E-state index in [-0.39, 0.29) is 5.70 Å². The molecule has 0 saturated heterocycles. The lowest BCUT2D eigenvalue weighted by Crippen LogP contribution is -2.52. The topological polar surface area (TPSA) is 108 Å². The number of carbonyl (C=O) groups excluding carboxylic acids is 3. The van der Waals surface area contributed by atoms with Gasteiger partial charge in [0.25, 0.3) is 11.8 Å². The number of aliphatic carboxylic acids is 1. The van der Waals surface area contributed by atoms with E-state index in [1.54, 1.807) is 62.4 Å². The Morgan fingerprint density at radius 2 is 1.70 bits per heavy atom. The summed E-state index contributed by atoms with van der Waals surface area (Å²) in [5.41, 5.74) is 0.835. The van der Waals surface area contributed by atoms with Crippen molar-refractivity contribution in [3.05, 3.63) is 69.8 Å². The van der Waals surface area contributed by atoms with E-state index in [0.717, 1.165) is 0 Å². The molecule has 0 unspecified atom stereocenters. The van der Waals surface area contributed by atoms with Crippen LogP contribution in [0.15, 0.2) is 58.7 Å². The van der Waals surface area contributed by atoms with Gasteiger partial charge in [0.05, 0.1) is 24.7 Å². The van der Waals surface area contributed by atoms with E-state index in [4.69, 9.17) is 4.74 Å². The smallest absolute Gasteiger partial charge is 0.268 e. The van der Waals surface area contributed by atoms with Crippen LogP contribution >= 0.6 is 15.9 Å². The van der Waals surface area contributed by atoms with Gasteiger partial charge in [0, 0.05) is 4.47 Å². The van der Waals surface area contributed by atoms with Crippen molar-refractivity contribution >= 4 is 39.8 Å². The molecule has 0 heterocycles. The van der Waals surface area contributed by atoms with E-state index in [0.29, 0.717) is 21.3 Å². The van der Waals surface area contributed by atoms with Crippen LogP contribution in [0, 0.1) is 5.92 Å². The minimum atomic E-state index is -1.40. The number of carboxylic acid groups (broad SMARTS) is 1. The number of amides is 2. The molecule has 30 heavy (non-hydrogen) atoms. The van der Waals surface area contributed by atoms with Crippen LogP contribution in [0.4, 0.5) is 0 Å². The Morgan fingerprint density at radius 3 is 2.23 bits per heavy atom. The highest BCUT2D eigenvalue weighted by Gasteiger charge is 2.22. The number of benzene rings is 2. The Hall–Kier alpha value is -3.13. The van der Waals surface area contributed by atoms with Crippen molar-refractivity contribution in [3.63, 3.8) is 0 Å². The van der Waals surface area contributed by atoms with E-state index >= 15 is 0 Å². The summed E-state index contributed by atoms with van der Waals surface area (Å²) in [7, 11) is 1.54. The summed E-state index contributed by atoms with van der Waals surface area (Å²) >= 11 is 3.30. The molecule has 0 radical (unpaired) electrons. The number of carbonyl (C=O) groups is 3. The van der Waals surface area contributed by atoms with Gasteiger partial charge in [-0.2, -0.15) is 0 Å². The maximum atomic E-state index is 12.8. The Balaban J connectivity index is 2.37. The lowest BCUT2D eigenvalue weighted by molar-refractivity contribution is -0.309. The van der Waals surface area contributed by atoms with Gasteiger partial charge in [0.15, 0.2) is 0 Å². The second kappa shape index (κ2) is 10.6. The van der Waals surface area contributed by atoms with Crippen molar-refractivity contribution in [2.24, 2.45) is 5.92 Å². The van der Waals surface area contributed by atoms with Crippen molar-refractivity contribution < 1.29 is 24.2 Å². The van der Waals surface area contributed by atoms with E-state index in [1.165, 1.54) is 13.2 Å². The molecule has 2 N–H and O–H groups in total. The lowest BCUT2D eigenvalue weighted by Gasteiger charge is -2.24. The molecule has 2 aromatic rings. The number of carboxylic acids is 1. The molecule has 2 amide bonds. The average molecular weight is 474 g/mol. The third-order valence-corrected chi connectivity index (χ3v) is 4.94. The average Bonchev–Trinajstić information content (AvgIpc) is 2.71. The molecule has 158 valence electrons. The molecule has 0 saturated carbocycles. The second-order valence-electron chi connectivity index (χ2n) is 6.78. The molecule has 0 aromatic heterocycles. The number of nitrogens with one attached hydrogen (secondary N) is 2.